The first-order valence-electron chi connectivity index (χ1n) is 7.18. The molecule has 1 aromatic carbocycles. The summed E-state index contributed by atoms with van der Waals surface area (Å²) in [4.78, 5) is 0.665. The van der Waals surface area contributed by atoms with E-state index < -0.39 is 20.6 Å². The maximum atomic E-state index is 12.8. The van der Waals surface area contributed by atoms with Crippen LogP contribution >= 0.6 is 11.6 Å². The Bertz CT molecular complexity index is 448. The molecule has 0 bridgehead atoms. The first-order chi connectivity index (χ1) is 9.28. The summed E-state index contributed by atoms with van der Waals surface area (Å²) in [6.07, 6.45) is 2.73. The first-order valence-corrected chi connectivity index (χ1v) is 8.71. The molecule has 0 amide bonds. The molecular formula is C16H25ClO2S. The van der Waals surface area contributed by atoms with Crippen LogP contribution in [0.2, 0.25) is 0 Å². The van der Waals surface area contributed by atoms with Crippen molar-refractivity contribution in [2.24, 2.45) is 0 Å². The minimum Gasteiger partial charge on any atom is -0.387 e. The van der Waals surface area contributed by atoms with Crippen LogP contribution in [-0.2, 0) is 10.8 Å². The summed E-state index contributed by atoms with van der Waals surface area (Å²) in [5.74, 6) is 0. The van der Waals surface area contributed by atoms with Crippen molar-refractivity contribution in [3.05, 3.63) is 29.8 Å². The van der Waals surface area contributed by atoms with Gasteiger partial charge in [-0.15, -0.1) is 11.6 Å². The predicted octanol–water partition coefficient (Wildman–Crippen LogP) is 4.39. The minimum absolute atomic E-state index is 0.554. The highest BCUT2D eigenvalue weighted by molar-refractivity contribution is 7.88. The van der Waals surface area contributed by atoms with E-state index in [0.717, 1.165) is 18.4 Å². The SMILES string of the molecule is CCCC(O)(CCC)C(C)(Cl)S(=O)c1ccc(C)cc1. The maximum Gasteiger partial charge on any atom is 0.149 e. The quantitative estimate of drug-likeness (QED) is 0.757. The predicted molar refractivity (Wildman–Crippen MR) is 86.6 cm³/mol. The lowest BCUT2D eigenvalue weighted by atomic mass is 9.89. The van der Waals surface area contributed by atoms with Gasteiger partial charge in [0.25, 0.3) is 0 Å². The third-order valence-electron chi connectivity index (χ3n) is 3.74. The van der Waals surface area contributed by atoms with Crippen molar-refractivity contribution in [2.45, 2.75) is 68.1 Å². The number of aryl methyl sites for hydroxylation is 1. The van der Waals surface area contributed by atoms with E-state index in [0.29, 0.717) is 17.7 Å². The van der Waals surface area contributed by atoms with Crippen molar-refractivity contribution in [1.29, 1.82) is 0 Å². The summed E-state index contributed by atoms with van der Waals surface area (Å²) in [7, 11) is -1.46. The van der Waals surface area contributed by atoms with Crippen molar-refractivity contribution in [3.63, 3.8) is 0 Å². The van der Waals surface area contributed by atoms with Crippen molar-refractivity contribution < 1.29 is 9.32 Å². The molecule has 114 valence electrons. The zero-order chi connectivity index (χ0) is 15.4. The maximum absolute atomic E-state index is 12.8. The third-order valence-corrected chi connectivity index (χ3v) is 6.29. The number of rotatable bonds is 7. The highest BCUT2D eigenvalue weighted by Gasteiger charge is 2.49. The lowest BCUT2D eigenvalue weighted by Crippen LogP contribution is -2.51. The smallest absolute Gasteiger partial charge is 0.149 e. The molecule has 0 saturated heterocycles. The molecule has 0 aliphatic rings. The van der Waals surface area contributed by atoms with E-state index in [1.165, 1.54) is 0 Å². The van der Waals surface area contributed by atoms with Gasteiger partial charge in [-0.1, -0.05) is 44.4 Å². The average Bonchev–Trinajstić information content (AvgIpc) is 2.39. The lowest BCUT2D eigenvalue weighted by Gasteiger charge is -2.40. The van der Waals surface area contributed by atoms with Crippen molar-refractivity contribution in [2.75, 3.05) is 0 Å². The van der Waals surface area contributed by atoms with E-state index in [4.69, 9.17) is 11.6 Å². The number of halogens is 1. The van der Waals surface area contributed by atoms with Crippen LogP contribution in [0.15, 0.2) is 29.2 Å². The van der Waals surface area contributed by atoms with E-state index in [1.807, 2.05) is 45.0 Å². The fourth-order valence-corrected chi connectivity index (χ4v) is 4.29. The van der Waals surface area contributed by atoms with Crippen LogP contribution in [0.1, 0.15) is 52.0 Å². The molecule has 2 unspecified atom stereocenters. The molecule has 1 aromatic rings. The molecule has 0 aliphatic carbocycles. The minimum atomic E-state index is -1.46. The van der Waals surface area contributed by atoms with Crippen LogP contribution in [0, 0.1) is 6.92 Å². The van der Waals surface area contributed by atoms with Gasteiger partial charge in [0, 0.05) is 4.90 Å². The molecule has 0 fully saturated rings. The van der Waals surface area contributed by atoms with Gasteiger partial charge >= 0.3 is 0 Å². The second kappa shape index (κ2) is 7.06. The fraction of sp³-hybridized carbons (Fsp3) is 0.625. The number of hydrogen-bond donors (Lipinski definition) is 1. The fourth-order valence-electron chi connectivity index (χ4n) is 2.45. The normalized spacial score (nSPS) is 16.7. The van der Waals surface area contributed by atoms with Crippen LogP contribution in [0.3, 0.4) is 0 Å². The number of aliphatic hydroxyl groups is 1. The third kappa shape index (κ3) is 3.63. The summed E-state index contributed by atoms with van der Waals surface area (Å²) in [5, 5.41) is 10.9. The van der Waals surface area contributed by atoms with Crippen molar-refractivity contribution >= 4 is 22.4 Å². The molecule has 0 radical (unpaired) electrons. The van der Waals surface area contributed by atoms with Crippen LogP contribution in [0.25, 0.3) is 0 Å². The second-order valence-electron chi connectivity index (χ2n) is 5.53. The van der Waals surface area contributed by atoms with Gasteiger partial charge in [0.1, 0.15) is 4.21 Å². The first kappa shape index (κ1) is 17.7. The molecule has 0 saturated carbocycles. The topological polar surface area (TPSA) is 37.3 Å². The molecular weight excluding hydrogens is 292 g/mol. The molecule has 4 heteroatoms. The molecule has 1 N–H and O–H groups in total. The molecule has 1 rings (SSSR count). The lowest BCUT2D eigenvalue weighted by molar-refractivity contribution is 0.0103. The molecule has 2 atom stereocenters. The van der Waals surface area contributed by atoms with Gasteiger partial charge in [0.15, 0.2) is 0 Å². The number of alkyl halides is 1. The van der Waals surface area contributed by atoms with Gasteiger partial charge in [-0.25, -0.2) is 0 Å². The van der Waals surface area contributed by atoms with Gasteiger partial charge in [0.2, 0.25) is 0 Å². The van der Waals surface area contributed by atoms with E-state index >= 15 is 0 Å². The molecule has 0 aliphatic heterocycles. The van der Waals surface area contributed by atoms with Crippen molar-refractivity contribution in [1.82, 2.24) is 0 Å². The van der Waals surface area contributed by atoms with Gasteiger partial charge in [-0.05, 0) is 38.8 Å². The number of benzene rings is 1. The van der Waals surface area contributed by atoms with Crippen LogP contribution in [0.4, 0.5) is 0 Å². The zero-order valence-electron chi connectivity index (χ0n) is 12.8. The van der Waals surface area contributed by atoms with Gasteiger partial charge in [-0.2, -0.15) is 0 Å². The molecule has 0 aromatic heterocycles. The highest BCUT2D eigenvalue weighted by Crippen LogP contribution is 2.41. The standard InChI is InChI=1S/C16H25ClO2S/c1-5-11-16(18,12-6-2)15(4,17)20(19)14-9-7-13(3)8-10-14/h7-10,18H,5-6,11-12H2,1-4H3. The summed E-state index contributed by atoms with van der Waals surface area (Å²) in [5.41, 5.74) is -0.00670. The number of hydrogen-bond acceptors (Lipinski definition) is 2. The molecule has 20 heavy (non-hydrogen) atoms. The Kier molecular flexibility index (Phi) is 6.24. The average molecular weight is 317 g/mol. The Balaban J connectivity index is 3.11. The molecule has 2 nitrogen and oxygen atoms in total. The summed E-state index contributed by atoms with van der Waals surface area (Å²) < 4.78 is 11.6. The Labute approximate surface area is 130 Å². The Morgan fingerprint density at radius 2 is 1.60 bits per heavy atom. The van der Waals surface area contributed by atoms with E-state index in [9.17, 15) is 9.32 Å². The Morgan fingerprint density at radius 3 is 2.00 bits per heavy atom. The Morgan fingerprint density at radius 1 is 1.15 bits per heavy atom. The van der Waals surface area contributed by atoms with Gasteiger partial charge in [-0.3, -0.25) is 4.21 Å². The highest BCUT2D eigenvalue weighted by atomic mass is 35.5. The summed E-state index contributed by atoms with van der Waals surface area (Å²) >= 11 is 6.58. The molecule has 0 heterocycles. The van der Waals surface area contributed by atoms with E-state index in [-0.39, 0.29) is 0 Å². The zero-order valence-corrected chi connectivity index (χ0v) is 14.4. The Hall–Kier alpha value is -0.380. The van der Waals surface area contributed by atoms with Gasteiger partial charge < -0.3 is 5.11 Å². The van der Waals surface area contributed by atoms with Crippen LogP contribution in [-0.4, -0.2) is 19.1 Å². The van der Waals surface area contributed by atoms with Crippen LogP contribution < -0.4 is 0 Å². The largest absolute Gasteiger partial charge is 0.387 e. The van der Waals surface area contributed by atoms with Crippen LogP contribution in [0.5, 0.6) is 0 Å². The van der Waals surface area contributed by atoms with Crippen molar-refractivity contribution in [3.8, 4) is 0 Å². The second-order valence-corrected chi connectivity index (χ2v) is 8.34. The summed E-state index contributed by atoms with van der Waals surface area (Å²) in [6, 6.07) is 7.48. The monoisotopic (exact) mass is 316 g/mol. The van der Waals surface area contributed by atoms with Gasteiger partial charge in [0.05, 0.1) is 16.4 Å². The van der Waals surface area contributed by atoms with E-state index in [1.54, 1.807) is 6.92 Å². The molecule has 0 spiro atoms. The van der Waals surface area contributed by atoms with E-state index in [2.05, 4.69) is 0 Å². The summed E-state index contributed by atoms with van der Waals surface area (Å²) in [6.45, 7) is 7.68.